The van der Waals surface area contributed by atoms with Gasteiger partial charge >= 0.3 is 0 Å². The highest BCUT2D eigenvalue weighted by Crippen LogP contribution is 2.18. The fourth-order valence-corrected chi connectivity index (χ4v) is 1.47. The van der Waals surface area contributed by atoms with Crippen molar-refractivity contribution >= 4 is 27.5 Å². The molecule has 0 spiro atoms. The predicted molar refractivity (Wildman–Crippen MR) is 66.6 cm³/mol. The SMILES string of the molecule is CCC/C=C/C(Cl)=C\C(Br)=C(/C)OC. The molecule has 3 heteroatoms. The zero-order valence-corrected chi connectivity index (χ0v) is 11.2. The van der Waals surface area contributed by atoms with Gasteiger partial charge in [-0.3, -0.25) is 0 Å². The number of hydrogen-bond acceptors (Lipinski definition) is 1. The van der Waals surface area contributed by atoms with Crippen molar-refractivity contribution in [3.8, 4) is 0 Å². The van der Waals surface area contributed by atoms with Crippen LogP contribution in [-0.4, -0.2) is 7.11 Å². The van der Waals surface area contributed by atoms with Gasteiger partial charge in [-0.2, -0.15) is 0 Å². The average molecular weight is 280 g/mol. The van der Waals surface area contributed by atoms with E-state index in [1.165, 1.54) is 0 Å². The summed E-state index contributed by atoms with van der Waals surface area (Å²) in [7, 11) is 1.63. The third-order valence-electron chi connectivity index (χ3n) is 1.64. The molecule has 0 aliphatic rings. The van der Waals surface area contributed by atoms with Crippen molar-refractivity contribution in [2.24, 2.45) is 0 Å². The lowest BCUT2D eigenvalue weighted by atomic mass is 10.3. The van der Waals surface area contributed by atoms with E-state index in [2.05, 4.69) is 28.9 Å². The van der Waals surface area contributed by atoms with Gasteiger partial charge in [0.1, 0.15) is 5.76 Å². The molecule has 0 N–H and O–H groups in total. The Labute approximate surface area is 99.6 Å². The van der Waals surface area contributed by atoms with E-state index >= 15 is 0 Å². The summed E-state index contributed by atoms with van der Waals surface area (Å²) in [5.74, 6) is 0.812. The van der Waals surface area contributed by atoms with Crippen molar-refractivity contribution in [2.75, 3.05) is 7.11 Å². The van der Waals surface area contributed by atoms with Crippen LogP contribution in [0.2, 0.25) is 0 Å². The number of methoxy groups -OCH3 is 1. The molecule has 0 aliphatic carbocycles. The Morgan fingerprint density at radius 1 is 1.50 bits per heavy atom. The molecule has 0 amide bonds. The van der Waals surface area contributed by atoms with E-state index in [4.69, 9.17) is 16.3 Å². The molecular weight excluding hydrogens is 263 g/mol. The highest BCUT2D eigenvalue weighted by Gasteiger charge is 1.95. The summed E-state index contributed by atoms with van der Waals surface area (Å²) in [5, 5.41) is 0.696. The molecule has 0 aromatic carbocycles. The van der Waals surface area contributed by atoms with Gasteiger partial charge in [-0.15, -0.1) is 0 Å². The molecule has 0 atom stereocenters. The summed E-state index contributed by atoms with van der Waals surface area (Å²) in [4.78, 5) is 0. The number of allylic oxidation sites excluding steroid dienone is 6. The molecule has 0 aromatic rings. The topological polar surface area (TPSA) is 9.23 Å². The smallest absolute Gasteiger partial charge is 0.107 e. The number of rotatable bonds is 5. The van der Waals surface area contributed by atoms with Crippen LogP contribution in [0.3, 0.4) is 0 Å². The van der Waals surface area contributed by atoms with Crippen LogP contribution in [0.25, 0.3) is 0 Å². The van der Waals surface area contributed by atoms with Crippen LogP contribution >= 0.6 is 27.5 Å². The Bertz CT molecular complexity index is 254. The summed E-state index contributed by atoms with van der Waals surface area (Å²) in [6.07, 6.45) is 7.96. The highest BCUT2D eigenvalue weighted by atomic mass is 79.9. The molecule has 0 fully saturated rings. The Hall–Kier alpha value is -0.210. The second-order valence-electron chi connectivity index (χ2n) is 2.83. The van der Waals surface area contributed by atoms with Crippen LogP contribution in [0.4, 0.5) is 0 Å². The molecule has 0 heterocycles. The van der Waals surface area contributed by atoms with Gasteiger partial charge in [0.15, 0.2) is 0 Å². The van der Waals surface area contributed by atoms with E-state index < -0.39 is 0 Å². The van der Waals surface area contributed by atoms with Crippen molar-refractivity contribution < 1.29 is 4.74 Å². The quantitative estimate of drug-likeness (QED) is 0.522. The molecule has 0 saturated carbocycles. The minimum Gasteiger partial charge on any atom is -0.500 e. The van der Waals surface area contributed by atoms with Crippen molar-refractivity contribution in [1.82, 2.24) is 0 Å². The van der Waals surface area contributed by atoms with Gasteiger partial charge in [0.2, 0.25) is 0 Å². The molecule has 0 aromatic heterocycles. The second-order valence-corrected chi connectivity index (χ2v) is 4.12. The standard InChI is InChI=1S/C11H16BrClO/c1-4-5-6-7-10(13)8-11(12)9(2)14-3/h6-8H,4-5H2,1-3H3/b7-6+,10-8+,11-9-. The van der Waals surface area contributed by atoms with Gasteiger partial charge < -0.3 is 4.74 Å². The summed E-state index contributed by atoms with van der Waals surface area (Å²) in [6.45, 7) is 4.01. The Morgan fingerprint density at radius 2 is 2.14 bits per heavy atom. The lowest BCUT2D eigenvalue weighted by Gasteiger charge is -1.99. The van der Waals surface area contributed by atoms with Crippen molar-refractivity contribution in [3.05, 3.63) is 33.5 Å². The summed E-state index contributed by atoms with van der Waals surface area (Å²) in [6, 6.07) is 0. The lowest BCUT2D eigenvalue weighted by molar-refractivity contribution is 0.293. The maximum atomic E-state index is 5.97. The zero-order valence-electron chi connectivity index (χ0n) is 8.81. The van der Waals surface area contributed by atoms with Gasteiger partial charge in [0, 0.05) is 5.03 Å². The van der Waals surface area contributed by atoms with Crippen LogP contribution in [0, 0.1) is 0 Å². The summed E-state index contributed by atoms with van der Waals surface area (Å²) < 4.78 is 5.91. The highest BCUT2D eigenvalue weighted by molar-refractivity contribution is 9.11. The molecular formula is C11H16BrClO. The van der Waals surface area contributed by atoms with Crippen molar-refractivity contribution in [2.45, 2.75) is 26.7 Å². The average Bonchev–Trinajstić information content (AvgIpc) is 2.16. The third-order valence-corrected chi connectivity index (χ3v) is 2.66. The van der Waals surface area contributed by atoms with Gasteiger partial charge in [0.25, 0.3) is 0 Å². The van der Waals surface area contributed by atoms with E-state index in [0.29, 0.717) is 5.03 Å². The normalized spacial score (nSPS) is 14.5. The molecule has 14 heavy (non-hydrogen) atoms. The van der Waals surface area contributed by atoms with Crippen LogP contribution < -0.4 is 0 Å². The first-order valence-corrected chi connectivity index (χ1v) is 5.73. The molecule has 0 unspecified atom stereocenters. The Balaban J connectivity index is 4.37. The van der Waals surface area contributed by atoms with Gasteiger partial charge in [-0.05, 0) is 41.4 Å². The fourth-order valence-electron chi connectivity index (χ4n) is 0.731. The van der Waals surface area contributed by atoms with E-state index in [0.717, 1.165) is 23.1 Å². The maximum absolute atomic E-state index is 5.97. The van der Waals surface area contributed by atoms with E-state index in [1.807, 2.05) is 19.1 Å². The molecule has 0 radical (unpaired) electrons. The van der Waals surface area contributed by atoms with Crippen molar-refractivity contribution in [3.63, 3.8) is 0 Å². The first-order valence-electron chi connectivity index (χ1n) is 4.56. The minimum atomic E-state index is 0.696. The van der Waals surface area contributed by atoms with Crippen LogP contribution in [0.1, 0.15) is 26.7 Å². The van der Waals surface area contributed by atoms with Gasteiger partial charge in [-0.1, -0.05) is 31.0 Å². The largest absolute Gasteiger partial charge is 0.500 e. The monoisotopic (exact) mass is 278 g/mol. The predicted octanol–water partition coefficient (Wildman–Crippen LogP) is 4.74. The van der Waals surface area contributed by atoms with Crippen LogP contribution in [0.5, 0.6) is 0 Å². The molecule has 0 aliphatic heterocycles. The molecule has 0 rings (SSSR count). The molecule has 80 valence electrons. The Morgan fingerprint density at radius 3 is 2.64 bits per heavy atom. The van der Waals surface area contributed by atoms with Crippen molar-refractivity contribution in [1.29, 1.82) is 0 Å². The third kappa shape index (κ3) is 6.28. The number of unbranched alkanes of at least 4 members (excludes halogenated alkanes) is 1. The van der Waals surface area contributed by atoms with E-state index in [-0.39, 0.29) is 0 Å². The Kier molecular flexibility index (Phi) is 8.01. The second kappa shape index (κ2) is 8.13. The fraction of sp³-hybridized carbons (Fsp3) is 0.455. The maximum Gasteiger partial charge on any atom is 0.107 e. The van der Waals surface area contributed by atoms with E-state index in [1.54, 1.807) is 7.11 Å². The lowest BCUT2D eigenvalue weighted by Crippen LogP contribution is -1.81. The first-order chi connectivity index (χ1) is 6.61. The van der Waals surface area contributed by atoms with Gasteiger partial charge in [-0.25, -0.2) is 0 Å². The molecule has 0 saturated heterocycles. The van der Waals surface area contributed by atoms with E-state index in [9.17, 15) is 0 Å². The van der Waals surface area contributed by atoms with Gasteiger partial charge in [0.05, 0.1) is 11.6 Å². The molecule has 0 bridgehead atoms. The summed E-state index contributed by atoms with van der Waals surface area (Å²) in [5.41, 5.74) is 0. The zero-order chi connectivity index (χ0) is 11.0. The first kappa shape index (κ1) is 13.8. The minimum absolute atomic E-state index is 0.696. The number of hydrogen-bond donors (Lipinski definition) is 0. The summed E-state index contributed by atoms with van der Waals surface area (Å²) >= 11 is 9.34. The molecule has 1 nitrogen and oxygen atoms in total. The van der Waals surface area contributed by atoms with Crippen LogP contribution in [-0.2, 0) is 4.74 Å². The number of ether oxygens (including phenoxy) is 1. The van der Waals surface area contributed by atoms with Crippen LogP contribution in [0.15, 0.2) is 33.5 Å². The number of halogens is 2.